The second-order valence-corrected chi connectivity index (χ2v) is 12.9. The lowest BCUT2D eigenvalue weighted by atomic mass is 9.81. The number of hydrogen-bond donors (Lipinski definition) is 0. The van der Waals surface area contributed by atoms with Gasteiger partial charge in [0.05, 0.1) is 55.2 Å². The van der Waals surface area contributed by atoms with E-state index < -0.39 is 11.8 Å². The summed E-state index contributed by atoms with van der Waals surface area (Å²) in [6, 6.07) is 14.0. The molecule has 46 heavy (non-hydrogen) atoms. The van der Waals surface area contributed by atoms with Crippen molar-refractivity contribution in [2.24, 2.45) is 0 Å². The number of rotatable bonds is 8. The number of ether oxygens (including phenoxy) is 5. The molecule has 8 rings (SSSR count). The molecule has 2 saturated heterocycles. The van der Waals surface area contributed by atoms with Gasteiger partial charge in [-0.25, -0.2) is 9.78 Å². The van der Waals surface area contributed by atoms with Crippen LogP contribution in [0.15, 0.2) is 48.7 Å². The quantitative estimate of drug-likeness (QED) is 0.239. The molecule has 5 heterocycles. The number of imidazole rings is 1. The zero-order valence-corrected chi connectivity index (χ0v) is 26.8. The summed E-state index contributed by atoms with van der Waals surface area (Å²) >= 11 is 6.09. The van der Waals surface area contributed by atoms with Gasteiger partial charge in [-0.05, 0) is 55.7 Å². The van der Waals surface area contributed by atoms with Crippen molar-refractivity contribution in [1.29, 1.82) is 0 Å². The third-order valence-corrected chi connectivity index (χ3v) is 10.0. The third kappa shape index (κ3) is 4.83. The number of aromatic nitrogens is 3. The Hall–Kier alpha value is -4.06. The minimum Gasteiger partial charge on any atom is -0.494 e. The number of methoxy groups -OCH3 is 2. The molecule has 240 valence electrons. The number of benzene rings is 2. The first-order chi connectivity index (χ1) is 22.3. The molecule has 12 heteroatoms. The molecule has 0 N–H and O–H groups in total. The average Bonchev–Trinajstić information content (AvgIpc) is 3.55. The predicted octanol–water partition coefficient (Wildman–Crippen LogP) is 5.17. The van der Waals surface area contributed by atoms with E-state index in [0.717, 1.165) is 67.3 Å². The molecule has 0 amide bonds. The molecule has 1 saturated carbocycles. The van der Waals surface area contributed by atoms with E-state index in [9.17, 15) is 4.79 Å². The fraction of sp³-hybridized carbons (Fsp3) is 0.441. The van der Waals surface area contributed by atoms with Crippen molar-refractivity contribution in [3.8, 4) is 17.2 Å². The zero-order chi connectivity index (χ0) is 31.6. The van der Waals surface area contributed by atoms with E-state index in [0.29, 0.717) is 53.0 Å². The van der Waals surface area contributed by atoms with Crippen LogP contribution in [-0.4, -0.2) is 77.5 Å². The van der Waals surface area contributed by atoms with Crippen molar-refractivity contribution in [3.63, 3.8) is 0 Å². The topological polar surface area (TPSA) is 100 Å². The number of para-hydroxylation sites is 1. The maximum Gasteiger partial charge on any atom is 0.338 e. The summed E-state index contributed by atoms with van der Waals surface area (Å²) in [6.07, 6.45) is 4.91. The van der Waals surface area contributed by atoms with Crippen LogP contribution in [0.5, 0.6) is 17.2 Å². The number of carbonyl (C=O) groups excluding carboxylic acids is 1. The predicted molar refractivity (Wildman–Crippen MR) is 171 cm³/mol. The summed E-state index contributed by atoms with van der Waals surface area (Å²) in [4.78, 5) is 27.1. The molecule has 2 aromatic carbocycles. The number of piperazine rings is 1. The number of fused-ring (bicyclic) bond motifs is 3. The van der Waals surface area contributed by atoms with Crippen LogP contribution >= 0.6 is 11.6 Å². The first-order valence-corrected chi connectivity index (χ1v) is 16.1. The monoisotopic (exact) mass is 645 g/mol. The highest BCUT2D eigenvalue weighted by atomic mass is 35.5. The van der Waals surface area contributed by atoms with Crippen LogP contribution in [0, 0.1) is 0 Å². The highest BCUT2D eigenvalue weighted by Crippen LogP contribution is 2.51. The molecule has 4 aliphatic rings. The number of esters is 1. The number of hydrogen-bond acceptors (Lipinski definition) is 10. The van der Waals surface area contributed by atoms with Gasteiger partial charge in [0, 0.05) is 44.9 Å². The molecule has 11 nitrogen and oxygen atoms in total. The molecular weight excluding hydrogens is 610 g/mol. The molecule has 0 bridgehead atoms. The van der Waals surface area contributed by atoms with Crippen LogP contribution in [0.1, 0.15) is 48.1 Å². The van der Waals surface area contributed by atoms with Crippen LogP contribution in [-0.2, 0) is 28.4 Å². The van der Waals surface area contributed by atoms with Gasteiger partial charge in [-0.2, -0.15) is 0 Å². The Morgan fingerprint density at radius 3 is 2.63 bits per heavy atom. The molecule has 0 radical (unpaired) electrons. The standard InChI is InChI=1S/C34H36ClN5O6/c1-34(29-10-7-21(35)17-36-29)45-27-6-4-5-25(32(27)46-34)39-13-12-38(23-8-9-24(23)39)19-30-37-31-26(40(30)18-22-11-14-44-22)15-20(33(41)43-3)16-28(31)42-2/h4-7,10,15-17,22-24H,8-9,11-14,18-19H2,1-3H3/t22-,23-,24-,34-/m0/s1. The summed E-state index contributed by atoms with van der Waals surface area (Å²) in [5, 5.41) is 0.564. The average molecular weight is 646 g/mol. The number of halogens is 1. The lowest BCUT2D eigenvalue weighted by Gasteiger charge is -2.54. The van der Waals surface area contributed by atoms with Crippen molar-refractivity contribution in [1.82, 2.24) is 19.4 Å². The van der Waals surface area contributed by atoms with Gasteiger partial charge in [0.1, 0.15) is 22.8 Å². The lowest BCUT2D eigenvalue weighted by molar-refractivity contribution is -0.0717. The van der Waals surface area contributed by atoms with Crippen LogP contribution in [0.2, 0.25) is 5.02 Å². The largest absolute Gasteiger partial charge is 0.494 e. The lowest BCUT2D eigenvalue weighted by Crippen LogP contribution is -2.64. The van der Waals surface area contributed by atoms with Gasteiger partial charge in [0.2, 0.25) is 0 Å². The van der Waals surface area contributed by atoms with Gasteiger partial charge in [0.15, 0.2) is 11.5 Å². The normalized spacial score (nSPS) is 25.1. The minimum atomic E-state index is -1.04. The smallest absolute Gasteiger partial charge is 0.338 e. The van der Waals surface area contributed by atoms with E-state index in [4.69, 9.17) is 40.3 Å². The number of pyridine rings is 1. The van der Waals surface area contributed by atoms with E-state index in [1.54, 1.807) is 25.4 Å². The SMILES string of the molecule is COC(=O)c1cc(OC)c2nc(CN3CCN(c4cccc5c4O[C@@](C)(c4ccc(Cl)cn4)O5)[C@H]4CC[C@@H]43)n(C[C@@H]3CCO3)c2c1. The maximum atomic E-state index is 12.5. The Kier molecular flexibility index (Phi) is 7.23. The van der Waals surface area contributed by atoms with E-state index in [2.05, 4.69) is 25.4 Å². The van der Waals surface area contributed by atoms with Crippen LogP contribution < -0.4 is 19.1 Å². The summed E-state index contributed by atoms with van der Waals surface area (Å²) in [6.45, 7) is 5.69. The van der Waals surface area contributed by atoms with Crippen LogP contribution in [0.4, 0.5) is 5.69 Å². The van der Waals surface area contributed by atoms with Crippen molar-refractivity contribution < 1.29 is 28.5 Å². The molecule has 3 aliphatic heterocycles. The summed E-state index contributed by atoms with van der Waals surface area (Å²) < 4.78 is 31.6. The van der Waals surface area contributed by atoms with E-state index in [1.807, 2.05) is 31.2 Å². The van der Waals surface area contributed by atoms with Crippen molar-refractivity contribution in [2.75, 3.05) is 38.8 Å². The summed E-state index contributed by atoms with van der Waals surface area (Å²) in [5.41, 5.74) is 3.73. The Labute approximate surface area is 271 Å². The maximum absolute atomic E-state index is 12.5. The fourth-order valence-corrected chi connectivity index (χ4v) is 7.29. The molecule has 3 fully saturated rings. The van der Waals surface area contributed by atoms with E-state index in [1.165, 1.54) is 7.11 Å². The Morgan fingerprint density at radius 1 is 1.09 bits per heavy atom. The highest BCUT2D eigenvalue weighted by molar-refractivity contribution is 6.30. The summed E-state index contributed by atoms with van der Waals surface area (Å²) in [5.74, 6) is 1.50. The van der Waals surface area contributed by atoms with Crippen molar-refractivity contribution in [3.05, 3.63) is 70.8 Å². The van der Waals surface area contributed by atoms with Crippen molar-refractivity contribution >= 4 is 34.3 Å². The first-order valence-electron chi connectivity index (χ1n) is 15.8. The fourth-order valence-electron chi connectivity index (χ4n) is 7.17. The molecule has 2 aromatic heterocycles. The molecule has 1 aliphatic carbocycles. The van der Waals surface area contributed by atoms with Crippen molar-refractivity contribution in [2.45, 2.75) is 63.3 Å². The van der Waals surface area contributed by atoms with Gasteiger partial charge in [0.25, 0.3) is 5.79 Å². The van der Waals surface area contributed by atoms with Crippen LogP contribution in [0.25, 0.3) is 11.0 Å². The molecular formula is C34H36ClN5O6. The first kappa shape index (κ1) is 29.3. The zero-order valence-electron chi connectivity index (χ0n) is 26.1. The molecule has 4 atom stereocenters. The third-order valence-electron chi connectivity index (χ3n) is 9.82. The number of carbonyl (C=O) groups is 1. The van der Waals surface area contributed by atoms with Gasteiger partial charge in [-0.1, -0.05) is 17.7 Å². The van der Waals surface area contributed by atoms with E-state index >= 15 is 0 Å². The summed E-state index contributed by atoms with van der Waals surface area (Å²) in [7, 11) is 2.99. The Balaban J connectivity index is 1.07. The minimum absolute atomic E-state index is 0.119. The second kappa shape index (κ2) is 11.3. The van der Waals surface area contributed by atoms with Gasteiger partial charge < -0.3 is 33.2 Å². The highest BCUT2D eigenvalue weighted by Gasteiger charge is 2.47. The van der Waals surface area contributed by atoms with Gasteiger partial charge in [-0.3, -0.25) is 9.88 Å². The number of anilines is 1. The molecule has 0 spiro atoms. The van der Waals surface area contributed by atoms with Gasteiger partial charge in [-0.15, -0.1) is 0 Å². The van der Waals surface area contributed by atoms with Crippen LogP contribution in [0.3, 0.4) is 0 Å². The number of nitrogens with zero attached hydrogens (tertiary/aromatic N) is 5. The molecule has 0 unspecified atom stereocenters. The Morgan fingerprint density at radius 2 is 1.93 bits per heavy atom. The van der Waals surface area contributed by atoms with Gasteiger partial charge >= 0.3 is 5.97 Å². The second-order valence-electron chi connectivity index (χ2n) is 12.4. The molecule has 4 aromatic rings. The Bertz CT molecular complexity index is 1810. The van der Waals surface area contributed by atoms with E-state index in [-0.39, 0.29) is 6.10 Å².